The largest absolute Gasteiger partial charge is 0.492 e. The lowest BCUT2D eigenvalue weighted by Gasteiger charge is -2.22. The van der Waals surface area contributed by atoms with E-state index in [9.17, 15) is 0 Å². The van der Waals surface area contributed by atoms with Gasteiger partial charge in [-0.15, -0.1) is 11.6 Å². The van der Waals surface area contributed by atoms with E-state index in [4.69, 9.17) is 21.1 Å². The summed E-state index contributed by atoms with van der Waals surface area (Å²) < 4.78 is 12.0. The molecule has 0 spiro atoms. The Balaban J connectivity index is 2.52. The number of alkyl halides is 1. The van der Waals surface area contributed by atoms with Gasteiger partial charge in [0.05, 0.1) is 16.7 Å². The first kappa shape index (κ1) is 14.8. The van der Waals surface area contributed by atoms with Crippen LogP contribution in [0.15, 0.2) is 22.7 Å². The predicted molar refractivity (Wildman–Crippen MR) is 74.9 cm³/mol. The highest BCUT2D eigenvalue weighted by Crippen LogP contribution is 2.27. The third kappa shape index (κ3) is 4.86. The topological polar surface area (TPSA) is 18.5 Å². The van der Waals surface area contributed by atoms with Gasteiger partial charge in [0, 0.05) is 19.4 Å². The molecule has 0 aliphatic heterocycles. The van der Waals surface area contributed by atoms with Crippen LogP contribution in [0, 0.1) is 0 Å². The normalized spacial score (nSPS) is 11.6. The molecule has 0 aliphatic rings. The van der Waals surface area contributed by atoms with Gasteiger partial charge in [-0.1, -0.05) is 6.07 Å². The van der Waals surface area contributed by atoms with E-state index in [-0.39, 0.29) is 5.60 Å². The number of hydrogen-bond acceptors (Lipinski definition) is 2. The molecule has 96 valence electrons. The molecule has 0 N–H and O–H groups in total. The highest BCUT2D eigenvalue weighted by molar-refractivity contribution is 9.10. The highest BCUT2D eigenvalue weighted by atomic mass is 79.9. The van der Waals surface area contributed by atoms with Gasteiger partial charge >= 0.3 is 0 Å². The van der Waals surface area contributed by atoms with E-state index in [1.54, 1.807) is 7.11 Å². The number of benzene rings is 1. The van der Waals surface area contributed by atoms with Crippen LogP contribution in [0.1, 0.15) is 25.8 Å². The Kier molecular flexibility index (Phi) is 5.77. The summed E-state index contributed by atoms with van der Waals surface area (Å²) in [5, 5.41) is 0. The molecule has 0 amide bonds. The Morgan fingerprint density at radius 3 is 2.59 bits per heavy atom. The van der Waals surface area contributed by atoms with Crippen LogP contribution in [0.4, 0.5) is 0 Å². The first-order valence-corrected chi connectivity index (χ1v) is 6.83. The summed E-state index contributed by atoms with van der Waals surface area (Å²) in [5.41, 5.74) is 0.922. The van der Waals surface area contributed by atoms with Gasteiger partial charge in [-0.2, -0.15) is 0 Å². The number of halogens is 2. The summed E-state index contributed by atoms with van der Waals surface area (Å²) in [6.07, 6.45) is 0.840. The molecule has 0 heterocycles. The van der Waals surface area contributed by atoms with Gasteiger partial charge in [0.25, 0.3) is 0 Å². The minimum absolute atomic E-state index is 0.150. The van der Waals surface area contributed by atoms with Crippen molar-refractivity contribution >= 4 is 27.5 Å². The molecule has 0 saturated heterocycles. The van der Waals surface area contributed by atoms with Crippen LogP contribution in [0.2, 0.25) is 0 Å². The lowest BCUT2D eigenvalue weighted by Crippen LogP contribution is -2.25. The Morgan fingerprint density at radius 1 is 1.35 bits per heavy atom. The van der Waals surface area contributed by atoms with Crippen molar-refractivity contribution in [1.29, 1.82) is 0 Å². The van der Waals surface area contributed by atoms with E-state index in [0.29, 0.717) is 12.5 Å². The minimum atomic E-state index is -0.150. The van der Waals surface area contributed by atoms with E-state index in [2.05, 4.69) is 15.9 Å². The maximum atomic E-state index is 5.76. The zero-order valence-corrected chi connectivity index (χ0v) is 12.8. The third-order valence-electron chi connectivity index (χ3n) is 2.66. The van der Waals surface area contributed by atoms with Crippen molar-refractivity contribution in [2.24, 2.45) is 0 Å². The van der Waals surface area contributed by atoms with Gasteiger partial charge in [0.15, 0.2) is 0 Å². The summed E-state index contributed by atoms with van der Waals surface area (Å²) >= 11 is 9.23. The Hall–Kier alpha value is -0.250. The number of hydrogen-bond donors (Lipinski definition) is 0. The fraction of sp³-hybridized carbons (Fsp3) is 0.538. The standard InChI is InChI=1S/C13H18BrClO2/c1-13(2,16-3)6-7-17-12-5-4-10(9-15)8-11(12)14/h4-5,8H,6-7,9H2,1-3H3. The van der Waals surface area contributed by atoms with Gasteiger partial charge in [0.1, 0.15) is 5.75 Å². The molecule has 0 fully saturated rings. The van der Waals surface area contributed by atoms with Crippen molar-refractivity contribution in [2.75, 3.05) is 13.7 Å². The molecule has 0 unspecified atom stereocenters. The molecular weight excluding hydrogens is 303 g/mol. The van der Waals surface area contributed by atoms with Crippen molar-refractivity contribution in [1.82, 2.24) is 0 Å². The number of rotatable bonds is 6. The van der Waals surface area contributed by atoms with Crippen molar-refractivity contribution in [2.45, 2.75) is 31.7 Å². The second kappa shape index (κ2) is 6.62. The number of ether oxygens (including phenoxy) is 2. The summed E-state index contributed by atoms with van der Waals surface area (Å²) in [4.78, 5) is 0. The Bertz CT molecular complexity index is 366. The summed E-state index contributed by atoms with van der Waals surface area (Å²) in [6, 6.07) is 5.87. The fourth-order valence-corrected chi connectivity index (χ4v) is 1.96. The van der Waals surface area contributed by atoms with Crippen LogP contribution in [-0.2, 0) is 10.6 Å². The first-order valence-electron chi connectivity index (χ1n) is 5.51. The van der Waals surface area contributed by atoms with Crippen LogP contribution in [0.5, 0.6) is 5.75 Å². The molecular formula is C13H18BrClO2. The van der Waals surface area contributed by atoms with Crippen LogP contribution in [0.25, 0.3) is 0 Å². The van der Waals surface area contributed by atoms with Gasteiger partial charge in [-0.05, 0) is 47.5 Å². The van der Waals surface area contributed by atoms with Gasteiger partial charge in [0.2, 0.25) is 0 Å². The first-order chi connectivity index (χ1) is 7.98. The van der Waals surface area contributed by atoms with E-state index in [1.807, 2.05) is 32.0 Å². The molecule has 0 bridgehead atoms. The molecule has 0 aliphatic carbocycles. The zero-order chi connectivity index (χ0) is 12.9. The van der Waals surface area contributed by atoms with Crippen LogP contribution in [0.3, 0.4) is 0 Å². The fourth-order valence-electron chi connectivity index (χ4n) is 1.25. The lowest BCUT2D eigenvalue weighted by atomic mass is 10.1. The maximum absolute atomic E-state index is 5.76. The van der Waals surface area contributed by atoms with Gasteiger partial charge in [-0.3, -0.25) is 0 Å². The summed E-state index contributed by atoms with van der Waals surface area (Å²) in [5.74, 6) is 1.35. The summed E-state index contributed by atoms with van der Waals surface area (Å²) in [6.45, 7) is 4.71. The average Bonchev–Trinajstić information content (AvgIpc) is 2.31. The molecule has 0 aromatic heterocycles. The SMILES string of the molecule is COC(C)(C)CCOc1ccc(CCl)cc1Br. The highest BCUT2D eigenvalue weighted by Gasteiger charge is 2.16. The molecule has 1 aromatic carbocycles. The Morgan fingerprint density at radius 2 is 2.06 bits per heavy atom. The third-order valence-corrected chi connectivity index (χ3v) is 3.59. The maximum Gasteiger partial charge on any atom is 0.133 e. The van der Waals surface area contributed by atoms with E-state index in [1.165, 1.54) is 0 Å². The summed E-state index contributed by atoms with van der Waals surface area (Å²) in [7, 11) is 1.71. The lowest BCUT2D eigenvalue weighted by molar-refractivity contribution is 0.00539. The van der Waals surface area contributed by atoms with Crippen LogP contribution in [-0.4, -0.2) is 19.3 Å². The second-order valence-corrected chi connectivity index (χ2v) is 5.58. The second-order valence-electron chi connectivity index (χ2n) is 4.46. The van der Waals surface area contributed by atoms with Gasteiger partial charge < -0.3 is 9.47 Å². The van der Waals surface area contributed by atoms with Crippen LogP contribution < -0.4 is 4.74 Å². The van der Waals surface area contributed by atoms with Crippen LogP contribution >= 0.6 is 27.5 Å². The van der Waals surface area contributed by atoms with Crippen molar-refractivity contribution < 1.29 is 9.47 Å². The zero-order valence-electron chi connectivity index (χ0n) is 10.4. The quantitative estimate of drug-likeness (QED) is 0.724. The molecule has 0 radical (unpaired) electrons. The molecule has 4 heteroatoms. The molecule has 0 saturated carbocycles. The van der Waals surface area contributed by atoms with Crippen molar-refractivity contribution in [3.63, 3.8) is 0 Å². The monoisotopic (exact) mass is 320 g/mol. The molecule has 17 heavy (non-hydrogen) atoms. The van der Waals surface area contributed by atoms with Crippen molar-refractivity contribution in [3.05, 3.63) is 28.2 Å². The minimum Gasteiger partial charge on any atom is -0.492 e. The molecule has 0 atom stereocenters. The average molecular weight is 322 g/mol. The van der Waals surface area contributed by atoms with E-state index < -0.39 is 0 Å². The predicted octanol–water partition coefficient (Wildman–Crippen LogP) is 4.38. The van der Waals surface area contributed by atoms with E-state index >= 15 is 0 Å². The molecule has 2 nitrogen and oxygen atoms in total. The van der Waals surface area contributed by atoms with E-state index in [0.717, 1.165) is 22.2 Å². The molecule has 1 rings (SSSR count). The van der Waals surface area contributed by atoms with Gasteiger partial charge in [-0.25, -0.2) is 0 Å². The van der Waals surface area contributed by atoms with Crippen molar-refractivity contribution in [3.8, 4) is 5.75 Å². The molecule has 1 aromatic rings. The smallest absolute Gasteiger partial charge is 0.133 e. The number of methoxy groups -OCH3 is 1. The Labute approximate surface area is 116 Å².